The van der Waals surface area contributed by atoms with Crippen LogP contribution in [0, 0.1) is 0 Å². The SMILES string of the molecule is CNC(COCc1cc(C(F)(F)F)cc(C(F)(F)F)c1)c1ccccc1. The Morgan fingerprint density at radius 1 is 0.885 bits per heavy atom. The number of benzene rings is 2. The number of rotatable bonds is 6. The molecule has 1 unspecified atom stereocenters. The first-order valence-corrected chi connectivity index (χ1v) is 7.69. The van der Waals surface area contributed by atoms with Gasteiger partial charge in [0.15, 0.2) is 0 Å². The summed E-state index contributed by atoms with van der Waals surface area (Å²) in [6.07, 6.45) is -9.74. The van der Waals surface area contributed by atoms with Crippen LogP contribution in [0.15, 0.2) is 48.5 Å². The normalized spacial score (nSPS) is 13.7. The smallest absolute Gasteiger partial charge is 0.375 e. The summed E-state index contributed by atoms with van der Waals surface area (Å²) in [5.74, 6) is 0. The zero-order chi connectivity index (χ0) is 19.4. The molecule has 0 amide bonds. The van der Waals surface area contributed by atoms with Crippen molar-refractivity contribution in [3.63, 3.8) is 0 Å². The predicted octanol–water partition coefficient (Wildman–Crippen LogP) is 5.20. The third-order valence-electron chi connectivity index (χ3n) is 3.75. The largest absolute Gasteiger partial charge is 0.416 e. The van der Waals surface area contributed by atoms with Gasteiger partial charge in [-0.05, 0) is 36.4 Å². The molecule has 0 saturated heterocycles. The van der Waals surface area contributed by atoms with Crippen LogP contribution in [0.5, 0.6) is 0 Å². The third kappa shape index (κ3) is 5.47. The van der Waals surface area contributed by atoms with Gasteiger partial charge in [0.25, 0.3) is 0 Å². The van der Waals surface area contributed by atoms with Crippen LogP contribution in [0.4, 0.5) is 26.3 Å². The number of hydrogen-bond donors (Lipinski definition) is 1. The van der Waals surface area contributed by atoms with E-state index in [1.807, 2.05) is 30.3 Å². The summed E-state index contributed by atoms with van der Waals surface area (Å²) in [4.78, 5) is 0. The number of alkyl halides is 6. The van der Waals surface area contributed by atoms with Gasteiger partial charge in [0.2, 0.25) is 0 Å². The van der Waals surface area contributed by atoms with E-state index in [1.54, 1.807) is 7.05 Å². The molecule has 0 aliphatic carbocycles. The van der Waals surface area contributed by atoms with Gasteiger partial charge >= 0.3 is 12.4 Å². The van der Waals surface area contributed by atoms with Crippen molar-refractivity contribution >= 4 is 0 Å². The molecule has 2 nitrogen and oxygen atoms in total. The summed E-state index contributed by atoms with van der Waals surface area (Å²) in [5, 5.41) is 2.99. The lowest BCUT2D eigenvalue weighted by Crippen LogP contribution is -2.21. The Hall–Kier alpha value is -2.06. The molecule has 0 aromatic heterocycles. The molecular weight excluding hydrogens is 360 g/mol. The van der Waals surface area contributed by atoms with E-state index < -0.39 is 23.5 Å². The standard InChI is InChI=1S/C18H17F6NO/c1-25-16(13-5-3-2-4-6-13)11-26-10-12-7-14(17(19,20)21)9-15(8-12)18(22,23)24/h2-9,16,25H,10-11H2,1H3. The van der Waals surface area contributed by atoms with Crippen molar-refractivity contribution in [2.45, 2.75) is 25.0 Å². The Morgan fingerprint density at radius 2 is 1.42 bits per heavy atom. The maximum Gasteiger partial charge on any atom is 0.416 e. The number of likely N-dealkylation sites (N-methyl/N-ethyl adjacent to an activating group) is 1. The first-order valence-electron chi connectivity index (χ1n) is 7.69. The van der Waals surface area contributed by atoms with Gasteiger partial charge in [-0.2, -0.15) is 26.3 Å². The molecule has 0 aliphatic rings. The zero-order valence-corrected chi connectivity index (χ0v) is 13.8. The summed E-state index contributed by atoms with van der Waals surface area (Å²) >= 11 is 0. The van der Waals surface area contributed by atoms with Crippen LogP contribution >= 0.6 is 0 Å². The summed E-state index contributed by atoms with van der Waals surface area (Å²) in [7, 11) is 1.69. The van der Waals surface area contributed by atoms with Crippen LogP contribution in [0.2, 0.25) is 0 Å². The van der Waals surface area contributed by atoms with Gasteiger partial charge < -0.3 is 10.1 Å². The average Bonchev–Trinajstić information content (AvgIpc) is 2.58. The van der Waals surface area contributed by atoms with Crippen molar-refractivity contribution in [3.05, 3.63) is 70.8 Å². The summed E-state index contributed by atoms with van der Waals surface area (Å²) in [5.41, 5.74) is -1.98. The van der Waals surface area contributed by atoms with E-state index in [2.05, 4.69) is 5.32 Å². The molecule has 0 spiro atoms. The minimum absolute atomic E-state index is 0.0953. The van der Waals surface area contributed by atoms with Gasteiger partial charge in [-0.3, -0.25) is 0 Å². The van der Waals surface area contributed by atoms with Gasteiger partial charge in [-0.15, -0.1) is 0 Å². The Balaban J connectivity index is 2.13. The van der Waals surface area contributed by atoms with Crippen LogP contribution in [-0.2, 0) is 23.7 Å². The minimum atomic E-state index is -4.87. The molecule has 2 aromatic carbocycles. The van der Waals surface area contributed by atoms with Gasteiger partial charge in [0, 0.05) is 0 Å². The zero-order valence-electron chi connectivity index (χ0n) is 13.8. The minimum Gasteiger partial charge on any atom is -0.375 e. The second-order valence-electron chi connectivity index (χ2n) is 5.68. The van der Waals surface area contributed by atoms with Crippen LogP contribution in [0.1, 0.15) is 28.3 Å². The fourth-order valence-electron chi connectivity index (χ4n) is 2.43. The van der Waals surface area contributed by atoms with Gasteiger partial charge in [0.05, 0.1) is 30.4 Å². The first-order chi connectivity index (χ1) is 12.1. The molecule has 0 heterocycles. The monoisotopic (exact) mass is 377 g/mol. The number of ether oxygens (including phenoxy) is 1. The maximum absolute atomic E-state index is 12.8. The van der Waals surface area contributed by atoms with Crippen LogP contribution in [0.25, 0.3) is 0 Å². The third-order valence-corrected chi connectivity index (χ3v) is 3.75. The van der Waals surface area contributed by atoms with Crippen molar-refractivity contribution in [1.82, 2.24) is 5.32 Å². The fraction of sp³-hybridized carbons (Fsp3) is 0.333. The summed E-state index contributed by atoms with van der Waals surface area (Å²) in [6, 6.07) is 10.4. The van der Waals surface area contributed by atoms with E-state index in [1.165, 1.54) is 0 Å². The van der Waals surface area contributed by atoms with Gasteiger partial charge in [-0.25, -0.2) is 0 Å². The lowest BCUT2D eigenvalue weighted by atomic mass is 10.0. The summed E-state index contributed by atoms with van der Waals surface area (Å²) in [6.45, 7) is -0.268. The Labute approximate surface area is 146 Å². The van der Waals surface area contributed by atoms with Crippen LogP contribution in [-0.4, -0.2) is 13.7 Å². The van der Waals surface area contributed by atoms with Crippen LogP contribution < -0.4 is 5.32 Å². The van der Waals surface area contributed by atoms with Crippen LogP contribution in [0.3, 0.4) is 0 Å². The van der Waals surface area contributed by atoms with E-state index in [0.717, 1.165) is 5.56 Å². The van der Waals surface area contributed by atoms with Crippen molar-refractivity contribution in [2.75, 3.05) is 13.7 Å². The first kappa shape index (κ1) is 20.3. The molecule has 26 heavy (non-hydrogen) atoms. The highest BCUT2D eigenvalue weighted by atomic mass is 19.4. The molecule has 0 radical (unpaired) electrons. The fourth-order valence-corrected chi connectivity index (χ4v) is 2.43. The van der Waals surface area contributed by atoms with Gasteiger partial charge in [-0.1, -0.05) is 30.3 Å². The van der Waals surface area contributed by atoms with E-state index in [0.29, 0.717) is 12.1 Å². The molecular formula is C18H17F6NO. The average molecular weight is 377 g/mol. The Kier molecular flexibility index (Phi) is 6.30. The number of halogens is 6. The molecule has 0 aliphatic heterocycles. The molecule has 2 aromatic rings. The van der Waals surface area contributed by atoms with E-state index in [9.17, 15) is 26.3 Å². The Morgan fingerprint density at radius 3 is 1.88 bits per heavy atom. The van der Waals surface area contributed by atoms with Crippen molar-refractivity contribution in [1.29, 1.82) is 0 Å². The van der Waals surface area contributed by atoms with E-state index in [-0.39, 0.29) is 30.9 Å². The second-order valence-corrected chi connectivity index (χ2v) is 5.68. The molecule has 0 fully saturated rings. The molecule has 1 N–H and O–H groups in total. The molecule has 0 bridgehead atoms. The highest BCUT2D eigenvalue weighted by Crippen LogP contribution is 2.36. The topological polar surface area (TPSA) is 21.3 Å². The lowest BCUT2D eigenvalue weighted by molar-refractivity contribution is -0.143. The molecule has 8 heteroatoms. The van der Waals surface area contributed by atoms with Gasteiger partial charge in [0.1, 0.15) is 0 Å². The maximum atomic E-state index is 12.8. The summed E-state index contributed by atoms with van der Waals surface area (Å²) < 4.78 is 82.4. The quantitative estimate of drug-likeness (QED) is 0.699. The van der Waals surface area contributed by atoms with Crippen molar-refractivity contribution in [2.24, 2.45) is 0 Å². The Bertz CT molecular complexity index is 680. The number of hydrogen-bond acceptors (Lipinski definition) is 2. The number of nitrogens with one attached hydrogen (secondary N) is 1. The highest BCUT2D eigenvalue weighted by molar-refractivity contribution is 5.33. The predicted molar refractivity (Wildman–Crippen MR) is 84.3 cm³/mol. The second kappa shape index (κ2) is 8.09. The molecule has 0 saturated carbocycles. The van der Waals surface area contributed by atoms with E-state index >= 15 is 0 Å². The molecule has 1 atom stereocenters. The molecule has 2 rings (SSSR count). The van der Waals surface area contributed by atoms with E-state index in [4.69, 9.17) is 4.74 Å². The molecule has 142 valence electrons. The van der Waals surface area contributed by atoms with Crippen molar-refractivity contribution in [3.8, 4) is 0 Å². The highest BCUT2D eigenvalue weighted by Gasteiger charge is 2.36. The lowest BCUT2D eigenvalue weighted by Gasteiger charge is -2.18. The van der Waals surface area contributed by atoms with Crippen molar-refractivity contribution < 1.29 is 31.1 Å².